The van der Waals surface area contributed by atoms with Crippen LogP contribution in [-0.4, -0.2) is 32.9 Å². The molecule has 2 N–H and O–H groups in total. The van der Waals surface area contributed by atoms with Crippen LogP contribution < -0.4 is 10.9 Å². The number of carbonyl (C=O) groups is 1. The lowest BCUT2D eigenvalue weighted by Gasteiger charge is -2.36. The molecule has 1 fully saturated rings. The molecule has 0 atom stereocenters. The fraction of sp³-hybridized carbons (Fsp3) is 0.312. The van der Waals surface area contributed by atoms with Gasteiger partial charge < -0.3 is 10.4 Å². The van der Waals surface area contributed by atoms with E-state index in [0.717, 1.165) is 11.1 Å². The van der Waals surface area contributed by atoms with Crippen LogP contribution in [0.5, 0.6) is 0 Å². The molecule has 3 rings (SSSR count). The fourth-order valence-electron chi connectivity index (χ4n) is 2.40. The highest BCUT2D eigenvalue weighted by Crippen LogP contribution is 2.30. The zero-order valence-corrected chi connectivity index (χ0v) is 12.3. The first-order chi connectivity index (χ1) is 11.0. The van der Waals surface area contributed by atoms with E-state index in [2.05, 4.69) is 10.4 Å². The number of hydrogen-bond donors (Lipinski definition) is 2. The number of carbonyl (C=O) groups excluding carboxylic acids is 1. The van der Waals surface area contributed by atoms with Gasteiger partial charge in [-0.2, -0.15) is 9.78 Å². The van der Waals surface area contributed by atoms with Gasteiger partial charge in [0.05, 0.1) is 11.3 Å². The van der Waals surface area contributed by atoms with E-state index in [0.29, 0.717) is 18.5 Å². The smallest absolute Gasteiger partial charge is 0.271 e. The molecule has 0 spiro atoms. The third-order valence-corrected chi connectivity index (χ3v) is 3.97. The summed E-state index contributed by atoms with van der Waals surface area (Å²) < 4.78 is 14.0. The summed E-state index contributed by atoms with van der Waals surface area (Å²) in [5, 5.41) is 16.6. The number of aromatic nitrogens is 2. The van der Waals surface area contributed by atoms with E-state index in [-0.39, 0.29) is 12.2 Å². The van der Waals surface area contributed by atoms with E-state index < -0.39 is 22.9 Å². The molecule has 6 nitrogen and oxygen atoms in total. The van der Waals surface area contributed by atoms with Crippen LogP contribution in [0.4, 0.5) is 4.39 Å². The lowest BCUT2D eigenvalue weighted by molar-refractivity contribution is -0.0300. The van der Waals surface area contributed by atoms with Crippen molar-refractivity contribution < 1.29 is 14.3 Å². The van der Waals surface area contributed by atoms with Gasteiger partial charge in [0.25, 0.3) is 11.5 Å². The van der Waals surface area contributed by atoms with E-state index in [9.17, 15) is 19.1 Å². The first-order valence-electron chi connectivity index (χ1n) is 7.34. The van der Waals surface area contributed by atoms with Gasteiger partial charge in [0.15, 0.2) is 0 Å². The summed E-state index contributed by atoms with van der Waals surface area (Å²) in [4.78, 5) is 24.0. The number of benzene rings is 1. The SMILES string of the molecule is O=C(NCC1(O)CCC1)c1ccc(=O)n(-c2ccc(F)cc2)n1. The molecule has 1 aliphatic rings. The van der Waals surface area contributed by atoms with Crippen molar-refractivity contribution in [3.05, 3.63) is 58.3 Å². The van der Waals surface area contributed by atoms with Crippen LogP contribution >= 0.6 is 0 Å². The zero-order chi connectivity index (χ0) is 16.4. The maximum atomic E-state index is 13.0. The lowest BCUT2D eigenvalue weighted by atomic mass is 9.80. The van der Waals surface area contributed by atoms with Gasteiger partial charge in [-0.3, -0.25) is 9.59 Å². The van der Waals surface area contributed by atoms with Gasteiger partial charge in [-0.1, -0.05) is 0 Å². The van der Waals surface area contributed by atoms with Gasteiger partial charge in [-0.15, -0.1) is 0 Å². The van der Waals surface area contributed by atoms with Gasteiger partial charge in [-0.05, 0) is 49.6 Å². The molecule has 7 heteroatoms. The number of aliphatic hydroxyl groups is 1. The highest BCUT2D eigenvalue weighted by Gasteiger charge is 2.34. The third kappa shape index (κ3) is 3.29. The molecule has 2 aromatic rings. The number of nitrogens with zero attached hydrogens (tertiary/aromatic N) is 2. The van der Waals surface area contributed by atoms with Crippen LogP contribution in [0.15, 0.2) is 41.2 Å². The molecule has 23 heavy (non-hydrogen) atoms. The van der Waals surface area contributed by atoms with Crippen molar-refractivity contribution in [3.63, 3.8) is 0 Å². The standard InChI is InChI=1S/C16H16FN3O3/c17-11-2-4-12(5-3-11)20-14(21)7-6-13(19-20)15(22)18-10-16(23)8-1-9-16/h2-7,23H,1,8-10H2,(H,18,22). The van der Waals surface area contributed by atoms with Crippen molar-refractivity contribution in [2.45, 2.75) is 24.9 Å². The first-order valence-corrected chi connectivity index (χ1v) is 7.34. The van der Waals surface area contributed by atoms with Gasteiger partial charge in [0.2, 0.25) is 0 Å². The Morgan fingerprint density at radius 2 is 1.96 bits per heavy atom. The van der Waals surface area contributed by atoms with E-state index in [1.54, 1.807) is 0 Å². The Balaban J connectivity index is 1.80. The molecule has 0 unspecified atom stereocenters. The van der Waals surface area contributed by atoms with Gasteiger partial charge in [0.1, 0.15) is 11.5 Å². The number of amides is 1. The van der Waals surface area contributed by atoms with Crippen molar-refractivity contribution in [1.29, 1.82) is 0 Å². The third-order valence-electron chi connectivity index (χ3n) is 3.97. The van der Waals surface area contributed by atoms with Crippen molar-refractivity contribution in [3.8, 4) is 5.69 Å². The van der Waals surface area contributed by atoms with Gasteiger partial charge in [0, 0.05) is 12.6 Å². The molecule has 1 amide bonds. The summed E-state index contributed by atoms with van der Waals surface area (Å²) in [5.41, 5.74) is -0.840. The highest BCUT2D eigenvalue weighted by atomic mass is 19.1. The van der Waals surface area contributed by atoms with Crippen LogP contribution in [0.2, 0.25) is 0 Å². The summed E-state index contributed by atoms with van der Waals surface area (Å²) in [6, 6.07) is 7.78. The summed E-state index contributed by atoms with van der Waals surface area (Å²) in [7, 11) is 0. The Kier molecular flexibility index (Phi) is 3.96. The molecule has 1 aromatic carbocycles. The summed E-state index contributed by atoms with van der Waals surface area (Å²) in [6.07, 6.45) is 2.27. The van der Waals surface area contributed by atoms with Gasteiger partial charge in [-0.25, -0.2) is 4.39 Å². The molecule has 0 bridgehead atoms. The van der Waals surface area contributed by atoms with Crippen molar-refractivity contribution >= 4 is 5.91 Å². The minimum Gasteiger partial charge on any atom is -0.388 e. The molecule has 120 valence electrons. The Labute approximate surface area is 131 Å². The molecule has 1 saturated carbocycles. The lowest BCUT2D eigenvalue weighted by Crippen LogP contribution is -2.48. The Hall–Kier alpha value is -2.54. The molecule has 1 aliphatic carbocycles. The maximum Gasteiger partial charge on any atom is 0.271 e. The number of rotatable bonds is 4. The van der Waals surface area contributed by atoms with Crippen LogP contribution in [0, 0.1) is 5.82 Å². The maximum absolute atomic E-state index is 13.0. The average Bonchev–Trinajstić information content (AvgIpc) is 2.52. The quantitative estimate of drug-likeness (QED) is 0.882. The second-order valence-corrected chi connectivity index (χ2v) is 5.71. The summed E-state index contributed by atoms with van der Waals surface area (Å²) >= 11 is 0. The first kappa shape index (κ1) is 15.4. The highest BCUT2D eigenvalue weighted by molar-refractivity contribution is 5.92. The van der Waals surface area contributed by atoms with E-state index in [1.165, 1.54) is 36.4 Å². The zero-order valence-electron chi connectivity index (χ0n) is 12.3. The molecule has 1 aromatic heterocycles. The Morgan fingerprint density at radius 1 is 1.26 bits per heavy atom. The topological polar surface area (TPSA) is 84.2 Å². The summed E-state index contributed by atoms with van der Waals surface area (Å²) in [6.45, 7) is 0.156. The minimum atomic E-state index is -0.832. The largest absolute Gasteiger partial charge is 0.388 e. The van der Waals surface area contributed by atoms with Crippen molar-refractivity contribution in [2.24, 2.45) is 0 Å². The van der Waals surface area contributed by atoms with Crippen LogP contribution in [0.1, 0.15) is 29.8 Å². The van der Waals surface area contributed by atoms with Crippen molar-refractivity contribution in [1.82, 2.24) is 15.1 Å². The fourth-order valence-corrected chi connectivity index (χ4v) is 2.40. The normalized spacial score (nSPS) is 15.7. The molecule has 0 saturated heterocycles. The molecule has 0 aliphatic heterocycles. The van der Waals surface area contributed by atoms with Crippen LogP contribution in [0.3, 0.4) is 0 Å². The van der Waals surface area contributed by atoms with E-state index in [4.69, 9.17) is 0 Å². The minimum absolute atomic E-state index is 0.0526. The Bertz CT molecular complexity index is 782. The molecule has 1 heterocycles. The second-order valence-electron chi connectivity index (χ2n) is 5.71. The number of nitrogens with one attached hydrogen (secondary N) is 1. The number of halogens is 1. The number of hydrogen-bond acceptors (Lipinski definition) is 4. The van der Waals surface area contributed by atoms with Crippen LogP contribution in [-0.2, 0) is 0 Å². The molecule has 0 radical (unpaired) electrons. The monoisotopic (exact) mass is 317 g/mol. The molecular formula is C16H16FN3O3. The summed E-state index contributed by atoms with van der Waals surface area (Å²) in [5.74, 6) is -0.898. The van der Waals surface area contributed by atoms with E-state index in [1.807, 2.05) is 0 Å². The molecular weight excluding hydrogens is 301 g/mol. The van der Waals surface area contributed by atoms with Crippen molar-refractivity contribution in [2.75, 3.05) is 6.54 Å². The second kappa shape index (κ2) is 5.92. The predicted octanol–water partition coefficient (Wildman–Crippen LogP) is 1.02. The van der Waals surface area contributed by atoms with Crippen LogP contribution in [0.25, 0.3) is 5.69 Å². The van der Waals surface area contributed by atoms with Gasteiger partial charge >= 0.3 is 0 Å². The predicted molar refractivity (Wildman–Crippen MR) is 80.9 cm³/mol. The average molecular weight is 317 g/mol. The van der Waals surface area contributed by atoms with E-state index >= 15 is 0 Å². The Morgan fingerprint density at radius 3 is 2.57 bits per heavy atom.